The Bertz CT molecular complexity index is 737. The first-order chi connectivity index (χ1) is 10.3. The number of aliphatic hydroxyl groups excluding tert-OH is 1. The van der Waals surface area contributed by atoms with Gasteiger partial charge in [0.05, 0.1) is 6.20 Å². The lowest BCUT2D eigenvalue weighted by Gasteiger charge is -2.09. The van der Waals surface area contributed by atoms with Gasteiger partial charge in [0, 0.05) is 26.0 Å². The zero-order chi connectivity index (χ0) is 14.7. The molecule has 108 valence electrons. The Morgan fingerprint density at radius 2 is 2.10 bits per heavy atom. The SMILES string of the molecule is CNc1cn2ccnc2c(Oc2ccc(CCO)cc2)n1. The van der Waals surface area contributed by atoms with Gasteiger partial charge in [-0.1, -0.05) is 12.1 Å². The van der Waals surface area contributed by atoms with Crippen LogP contribution in [0, 0.1) is 0 Å². The fourth-order valence-electron chi connectivity index (χ4n) is 2.06. The zero-order valence-electron chi connectivity index (χ0n) is 11.7. The highest BCUT2D eigenvalue weighted by atomic mass is 16.5. The number of anilines is 1. The van der Waals surface area contributed by atoms with E-state index in [0.717, 1.165) is 5.56 Å². The van der Waals surface area contributed by atoms with E-state index in [0.29, 0.717) is 29.5 Å². The summed E-state index contributed by atoms with van der Waals surface area (Å²) in [6.45, 7) is 0.140. The Kier molecular flexibility index (Phi) is 3.70. The molecule has 3 rings (SSSR count). The minimum atomic E-state index is 0.140. The molecule has 2 aromatic heterocycles. The number of hydrogen-bond acceptors (Lipinski definition) is 5. The normalized spacial score (nSPS) is 10.8. The maximum Gasteiger partial charge on any atom is 0.265 e. The van der Waals surface area contributed by atoms with Crippen LogP contribution in [0.2, 0.25) is 0 Å². The largest absolute Gasteiger partial charge is 0.436 e. The fourth-order valence-corrected chi connectivity index (χ4v) is 2.06. The summed E-state index contributed by atoms with van der Waals surface area (Å²) in [6.07, 6.45) is 6.03. The summed E-state index contributed by atoms with van der Waals surface area (Å²) >= 11 is 0. The van der Waals surface area contributed by atoms with Crippen LogP contribution in [-0.4, -0.2) is 33.1 Å². The fraction of sp³-hybridized carbons (Fsp3) is 0.200. The summed E-state index contributed by atoms with van der Waals surface area (Å²) < 4.78 is 7.68. The van der Waals surface area contributed by atoms with Gasteiger partial charge in [-0.25, -0.2) is 4.98 Å². The summed E-state index contributed by atoms with van der Waals surface area (Å²) in [5.41, 5.74) is 1.72. The molecule has 0 aliphatic rings. The summed E-state index contributed by atoms with van der Waals surface area (Å²) in [7, 11) is 1.80. The molecule has 0 aliphatic carbocycles. The summed E-state index contributed by atoms with van der Waals surface area (Å²) in [6, 6.07) is 7.57. The maximum atomic E-state index is 8.92. The first-order valence-corrected chi connectivity index (χ1v) is 6.69. The summed E-state index contributed by atoms with van der Waals surface area (Å²) in [5.74, 6) is 1.83. The molecule has 0 spiro atoms. The van der Waals surface area contributed by atoms with Crippen LogP contribution in [0.5, 0.6) is 11.6 Å². The van der Waals surface area contributed by atoms with E-state index < -0.39 is 0 Å². The molecule has 3 aromatic rings. The maximum absolute atomic E-state index is 8.92. The van der Waals surface area contributed by atoms with Gasteiger partial charge in [0.25, 0.3) is 5.88 Å². The van der Waals surface area contributed by atoms with Gasteiger partial charge in [0.15, 0.2) is 0 Å². The monoisotopic (exact) mass is 284 g/mol. The van der Waals surface area contributed by atoms with Crippen LogP contribution in [0.15, 0.2) is 42.9 Å². The molecule has 21 heavy (non-hydrogen) atoms. The molecule has 0 amide bonds. The Morgan fingerprint density at radius 3 is 2.81 bits per heavy atom. The van der Waals surface area contributed by atoms with Crippen LogP contribution in [0.25, 0.3) is 5.65 Å². The second-order valence-corrected chi connectivity index (χ2v) is 4.56. The second kappa shape index (κ2) is 5.80. The average Bonchev–Trinajstić information content (AvgIpc) is 2.98. The molecule has 0 saturated carbocycles. The van der Waals surface area contributed by atoms with Crippen molar-refractivity contribution >= 4 is 11.5 Å². The average molecular weight is 284 g/mol. The predicted molar refractivity (Wildman–Crippen MR) is 79.8 cm³/mol. The van der Waals surface area contributed by atoms with Crippen LogP contribution < -0.4 is 10.1 Å². The van der Waals surface area contributed by atoms with Crippen molar-refractivity contribution in [3.8, 4) is 11.6 Å². The van der Waals surface area contributed by atoms with Crippen LogP contribution in [-0.2, 0) is 6.42 Å². The van der Waals surface area contributed by atoms with Crippen LogP contribution >= 0.6 is 0 Å². The van der Waals surface area contributed by atoms with Gasteiger partial charge in [0.2, 0.25) is 5.65 Å². The number of nitrogens with zero attached hydrogens (tertiary/aromatic N) is 3. The lowest BCUT2D eigenvalue weighted by atomic mass is 10.1. The van der Waals surface area contributed by atoms with Crippen molar-refractivity contribution in [2.45, 2.75) is 6.42 Å². The molecular weight excluding hydrogens is 268 g/mol. The third-order valence-corrected chi connectivity index (χ3v) is 3.14. The standard InChI is InChI=1S/C15H16N4O2/c1-16-13-10-19-8-7-17-14(19)15(18-13)21-12-4-2-11(3-5-12)6-9-20/h2-5,7-8,10,16,20H,6,9H2,1H3. The molecule has 0 aliphatic heterocycles. The van der Waals surface area contributed by atoms with Crippen molar-refractivity contribution in [1.82, 2.24) is 14.4 Å². The molecule has 0 saturated heterocycles. The highest BCUT2D eigenvalue weighted by Crippen LogP contribution is 2.25. The van der Waals surface area contributed by atoms with Gasteiger partial charge < -0.3 is 15.2 Å². The van der Waals surface area contributed by atoms with E-state index >= 15 is 0 Å². The first-order valence-electron chi connectivity index (χ1n) is 6.69. The lowest BCUT2D eigenvalue weighted by Crippen LogP contribution is -1.99. The number of aromatic nitrogens is 3. The Labute approximate surface area is 122 Å². The van der Waals surface area contributed by atoms with Gasteiger partial charge >= 0.3 is 0 Å². The van der Waals surface area contributed by atoms with Gasteiger partial charge in [-0.05, 0) is 24.1 Å². The third-order valence-electron chi connectivity index (χ3n) is 3.14. The van der Waals surface area contributed by atoms with Crippen LogP contribution in [0.4, 0.5) is 5.82 Å². The number of aliphatic hydroxyl groups is 1. The Morgan fingerprint density at radius 1 is 1.29 bits per heavy atom. The van der Waals surface area contributed by atoms with E-state index in [9.17, 15) is 0 Å². The molecule has 2 heterocycles. The van der Waals surface area contributed by atoms with E-state index in [4.69, 9.17) is 9.84 Å². The third kappa shape index (κ3) is 2.80. The zero-order valence-corrected chi connectivity index (χ0v) is 11.7. The second-order valence-electron chi connectivity index (χ2n) is 4.56. The van der Waals surface area contributed by atoms with Crippen molar-refractivity contribution in [2.75, 3.05) is 19.0 Å². The van der Waals surface area contributed by atoms with Gasteiger partial charge in [0.1, 0.15) is 11.6 Å². The highest BCUT2D eigenvalue weighted by molar-refractivity contribution is 5.54. The number of benzene rings is 1. The highest BCUT2D eigenvalue weighted by Gasteiger charge is 2.09. The quantitative estimate of drug-likeness (QED) is 0.750. The van der Waals surface area contributed by atoms with Crippen molar-refractivity contribution < 1.29 is 9.84 Å². The van der Waals surface area contributed by atoms with E-state index in [-0.39, 0.29) is 6.61 Å². The van der Waals surface area contributed by atoms with Crippen LogP contribution in [0.1, 0.15) is 5.56 Å². The van der Waals surface area contributed by atoms with Crippen molar-refractivity contribution in [2.24, 2.45) is 0 Å². The molecular formula is C15H16N4O2. The molecule has 0 radical (unpaired) electrons. The number of imidazole rings is 1. The molecule has 0 atom stereocenters. The van der Waals surface area contributed by atoms with E-state index in [2.05, 4.69) is 15.3 Å². The number of fused-ring (bicyclic) bond motifs is 1. The number of ether oxygens (including phenoxy) is 1. The molecule has 0 unspecified atom stereocenters. The number of rotatable bonds is 5. The van der Waals surface area contributed by atoms with Gasteiger partial charge in [-0.15, -0.1) is 0 Å². The van der Waals surface area contributed by atoms with Gasteiger partial charge in [-0.3, -0.25) is 4.40 Å². The van der Waals surface area contributed by atoms with Crippen molar-refractivity contribution in [3.63, 3.8) is 0 Å². The van der Waals surface area contributed by atoms with E-state index in [1.807, 2.05) is 41.1 Å². The summed E-state index contributed by atoms with van der Waals surface area (Å²) in [5, 5.41) is 11.9. The summed E-state index contributed by atoms with van der Waals surface area (Å²) in [4.78, 5) is 8.64. The topological polar surface area (TPSA) is 71.7 Å². The molecule has 6 nitrogen and oxygen atoms in total. The predicted octanol–water partition coefficient (Wildman–Crippen LogP) is 2.10. The van der Waals surface area contributed by atoms with Crippen LogP contribution in [0.3, 0.4) is 0 Å². The molecule has 0 bridgehead atoms. The molecule has 2 N–H and O–H groups in total. The Balaban J connectivity index is 1.91. The molecule has 6 heteroatoms. The molecule has 1 aromatic carbocycles. The smallest absolute Gasteiger partial charge is 0.265 e. The minimum absolute atomic E-state index is 0.140. The Hall–Kier alpha value is -2.60. The van der Waals surface area contributed by atoms with E-state index in [1.54, 1.807) is 13.2 Å². The lowest BCUT2D eigenvalue weighted by molar-refractivity contribution is 0.299. The van der Waals surface area contributed by atoms with Crippen molar-refractivity contribution in [3.05, 3.63) is 48.4 Å². The van der Waals surface area contributed by atoms with E-state index in [1.165, 1.54) is 0 Å². The number of hydrogen-bond donors (Lipinski definition) is 2. The molecule has 0 fully saturated rings. The van der Waals surface area contributed by atoms with Crippen molar-refractivity contribution in [1.29, 1.82) is 0 Å². The number of nitrogens with one attached hydrogen (secondary N) is 1. The minimum Gasteiger partial charge on any atom is -0.436 e. The van der Waals surface area contributed by atoms with Gasteiger partial charge in [-0.2, -0.15) is 4.98 Å². The first kappa shape index (κ1) is 13.4.